The molecule has 2 rings (SSSR count). The second-order valence-electron chi connectivity index (χ2n) is 5.66. The van der Waals surface area contributed by atoms with Crippen LogP contribution in [0.5, 0.6) is 0 Å². The van der Waals surface area contributed by atoms with Gasteiger partial charge < -0.3 is 10.2 Å². The second-order valence-corrected chi connectivity index (χ2v) is 7.53. The highest BCUT2D eigenvalue weighted by molar-refractivity contribution is 9.10. The fourth-order valence-corrected chi connectivity index (χ4v) is 3.95. The van der Waals surface area contributed by atoms with E-state index in [0.717, 1.165) is 18.7 Å². The number of hydrogen-bond acceptors (Lipinski definition) is 5. The summed E-state index contributed by atoms with van der Waals surface area (Å²) in [5, 5.41) is 8.39. The van der Waals surface area contributed by atoms with Crippen LogP contribution in [-0.4, -0.2) is 52.9 Å². The van der Waals surface area contributed by atoms with Crippen LogP contribution >= 0.6 is 27.7 Å². The Morgan fingerprint density at radius 2 is 2.29 bits per heavy atom. The van der Waals surface area contributed by atoms with Gasteiger partial charge >= 0.3 is 0 Å². The molecule has 21 heavy (non-hydrogen) atoms. The van der Waals surface area contributed by atoms with E-state index in [0.29, 0.717) is 22.3 Å². The minimum Gasteiger partial charge on any atom is -0.379 e. The lowest BCUT2D eigenvalue weighted by Gasteiger charge is -2.21. The van der Waals surface area contributed by atoms with Crippen molar-refractivity contribution in [1.82, 2.24) is 14.7 Å². The van der Waals surface area contributed by atoms with Crippen molar-refractivity contribution < 1.29 is 0 Å². The zero-order chi connectivity index (χ0) is 15.4. The number of nitrogens with zero attached hydrogens (tertiary/aromatic N) is 3. The van der Waals surface area contributed by atoms with Crippen LogP contribution in [0.4, 0.5) is 5.69 Å². The van der Waals surface area contributed by atoms with Gasteiger partial charge in [-0.05, 0) is 49.1 Å². The maximum absolute atomic E-state index is 12.3. The maximum Gasteiger partial charge on any atom is 0.283 e. The molecule has 7 heteroatoms. The number of hydrogen-bond donors (Lipinski definition) is 1. The van der Waals surface area contributed by atoms with Crippen LogP contribution in [0.1, 0.15) is 19.3 Å². The normalized spacial score (nSPS) is 22.0. The third-order valence-electron chi connectivity index (χ3n) is 3.84. The van der Waals surface area contributed by atoms with Gasteiger partial charge in [0.05, 0.1) is 18.4 Å². The van der Waals surface area contributed by atoms with E-state index in [4.69, 9.17) is 0 Å². The van der Waals surface area contributed by atoms with Crippen molar-refractivity contribution in [3.63, 3.8) is 0 Å². The van der Waals surface area contributed by atoms with Gasteiger partial charge in [0.2, 0.25) is 0 Å². The SMILES string of the molecule is CSC1CCCC1Nc1cnn(CCN(C)C)c(=O)c1Br. The summed E-state index contributed by atoms with van der Waals surface area (Å²) in [7, 11) is 3.97. The fraction of sp³-hybridized carbons (Fsp3) is 0.714. The Kier molecular flexibility index (Phi) is 6.13. The number of anilines is 1. The van der Waals surface area contributed by atoms with E-state index in [-0.39, 0.29) is 5.56 Å². The third kappa shape index (κ3) is 4.23. The van der Waals surface area contributed by atoms with Gasteiger partial charge in [-0.1, -0.05) is 6.42 Å². The molecule has 0 spiro atoms. The number of thioether (sulfide) groups is 1. The van der Waals surface area contributed by atoms with Crippen LogP contribution in [0.15, 0.2) is 15.5 Å². The molecule has 0 radical (unpaired) electrons. The van der Waals surface area contributed by atoms with Crippen molar-refractivity contribution in [3.8, 4) is 0 Å². The lowest BCUT2D eigenvalue weighted by atomic mass is 10.2. The number of halogens is 1. The molecule has 1 N–H and O–H groups in total. The molecule has 0 aromatic carbocycles. The van der Waals surface area contributed by atoms with Crippen LogP contribution in [-0.2, 0) is 6.54 Å². The molecule has 0 aliphatic heterocycles. The van der Waals surface area contributed by atoms with Crippen LogP contribution in [0.3, 0.4) is 0 Å². The van der Waals surface area contributed by atoms with E-state index in [9.17, 15) is 4.79 Å². The van der Waals surface area contributed by atoms with Crippen molar-refractivity contribution >= 4 is 33.4 Å². The zero-order valence-electron chi connectivity index (χ0n) is 12.8. The quantitative estimate of drug-likeness (QED) is 0.827. The smallest absolute Gasteiger partial charge is 0.283 e. The fourth-order valence-electron chi connectivity index (χ4n) is 2.59. The van der Waals surface area contributed by atoms with E-state index in [1.54, 1.807) is 6.20 Å². The molecular formula is C14H23BrN4OS. The van der Waals surface area contributed by atoms with Crippen molar-refractivity contribution in [2.24, 2.45) is 0 Å². The van der Waals surface area contributed by atoms with E-state index in [1.165, 1.54) is 17.5 Å². The average Bonchev–Trinajstić information content (AvgIpc) is 2.90. The van der Waals surface area contributed by atoms with E-state index in [1.807, 2.05) is 30.8 Å². The monoisotopic (exact) mass is 374 g/mol. The Morgan fingerprint density at radius 1 is 1.52 bits per heavy atom. The molecule has 118 valence electrons. The molecule has 1 heterocycles. The minimum absolute atomic E-state index is 0.0689. The molecule has 1 aliphatic rings. The lowest BCUT2D eigenvalue weighted by molar-refractivity contribution is 0.367. The first-order valence-electron chi connectivity index (χ1n) is 7.22. The molecule has 2 unspecified atom stereocenters. The summed E-state index contributed by atoms with van der Waals surface area (Å²) in [4.78, 5) is 14.4. The summed E-state index contributed by atoms with van der Waals surface area (Å²) in [5.74, 6) is 0. The van der Waals surface area contributed by atoms with Crippen molar-refractivity contribution in [2.75, 3.05) is 32.2 Å². The Hall–Kier alpha value is -0.530. The van der Waals surface area contributed by atoms with Gasteiger partial charge in [-0.15, -0.1) is 0 Å². The Bertz CT molecular complexity index is 534. The van der Waals surface area contributed by atoms with Crippen LogP contribution in [0.25, 0.3) is 0 Å². The van der Waals surface area contributed by atoms with Crippen molar-refractivity contribution in [3.05, 3.63) is 21.0 Å². The maximum atomic E-state index is 12.3. The van der Waals surface area contributed by atoms with E-state index in [2.05, 4.69) is 32.6 Å². The zero-order valence-corrected chi connectivity index (χ0v) is 15.2. The second kappa shape index (κ2) is 7.65. The summed E-state index contributed by atoms with van der Waals surface area (Å²) in [6.07, 6.45) is 7.55. The standard InChI is InChI=1S/C14H23BrN4OS/c1-18(2)7-8-19-14(20)13(15)11(9-16-19)17-10-5-4-6-12(10)21-3/h9-10,12,17H,4-8H2,1-3H3. The Morgan fingerprint density at radius 3 is 2.95 bits per heavy atom. The van der Waals surface area contributed by atoms with Crippen molar-refractivity contribution in [2.45, 2.75) is 37.1 Å². The van der Waals surface area contributed by atoms with Gasteiger partial charge in [-0.2, -0.15) is 16.9 Å². The summed E-state index contributed by atoms with van der Waals surface area (Å²) in [6, 6.07) is 0.426. The molecule has 1 aromatic rings. The number of likely N-dealkylation sites (N-methyl/N-ethyl adjacent to an activating group) is 1. The number of rotatable bonds is 6. The first-order valence-corrected chi connectivity index (χ1v) is 9.30. The van der Waals surface area contributed by atoms with Gasteiger partial charge in [0.1, 0.15) is 4.47 Å². The van der Waals surface area contributed by atoms with E-state index < -0.39 is 0 Å². The van der Waals surface area contributed by atoms with Gasteiger partial charge in [0.15, 0.2) is 0 Å². The highest BCUT2D eigenvalue weighted by Crippen LogP contribution is 2.31. The molecule has 2 atom stereocenters. The first-order chi connectivity index (χ1) is 10.0. The average molecular weight is 375 g/mol. The molecule has 0 bridgehead atoms. The Labute approximate surface area is 138 Å². The highest BCUT2D eigenvalue weighted by Gasteiger charge is 2.27. The molecule has 5 nitrogen and oxygen atoms in total. The molecule has 1 fully saturated rings. The molecule has 0 saturated heterocycles. The number of nitrogens with one attached hydrogen (secondary N) is 1. The number of aromatic nitrogens is 2. The van der Waals surface area contributed by atoms with Crippen LogP contribution in [0, 0.1) is 0 Å². The highest BCUT2D eigenvalue weighted by atomic mass is 79.9. The summed E-state index contributed by atoms with van der Waals surface area (Å²) in [5.41, 5.74) is 0.743. The molecule has 1 aliphatic carbocycles. The predicted octanol–water partition coefficient (Wildman–Crippen LogP) is 2.26. The molecule has 1 aromatic heterocycles. The topological polar surface area (TPSA) is 50.2 Å². The molecule has 0 amide bonds. The lowest BCUT2D eigenvalue weighted by Crippen LogP contribution is -2.31. The summed E-state index contributed by atoms with van der Waals surface area (Å²) in [6.45, 7) is 1.39. The van der Waals surface area contributed by atoms with Crippen LogP contribution in [0.2, 0.25) is 0 Å². The third-order valence-corrected chi connectivity index (χ3v) is 5.78. The van der Waals surface area contributed by atoms with Gasteiger partial charge in [0.25, 0.3) is 5.56 Å². The van der Waals surface area contributed by atoms with Crippen LogP contribution < -0.4 is 10.9 Å². The largest absolute Gasteiger partial charge is 0.379 e. The summed E-state index contributed by atoms with van der Waals surface area (Å²) < 4.78 is 2.10. The molecular weight excluding hydrogens is 352 g/mol. The van der Waals surface area contributed by atoms with E-state index >= 15 is 0 Å². The van der Waals surface area contributed by atoms with Crippen molar-refractivity contribution in [1.29, 1.82) is 0 Å². The summed E-state index contributed by atoms with van der Waals surface area (Å²) >= 11 is 5.33. The Balaban J connectivity index is 2.11. The van der Waals surface area contributed by atoms with Gasteiger partial charge in [-0.3, -0.25) is 4.79 Å². The minimum atomic E-state index is -0.0689. The van der Waals surface area contributed by atoms with Gasteiger partial charge in [-0.25, -0.2) is 4.68 Å². The van der Waals surface area contributed by atoms with Gasteiger partial charge in [0, 0.05) is 17.8 Å². The first kappa shape index (κ1) is 16.8. The molecule has 1 saturated carbocycles. The predicted molar refractivity (Wildman–Crippen MR) is 93.3 cm³/mol.